The molecule has 0 heterocycles. The summed E-state index contributed by atoms with van der Waals surface area (Å²) in [6.45, 7) is 7.43. The van der Waals surface area contributed by atoms with Crippen molar-refractivity contribution in [3.05, 3.63) is 0 Å². The van der Waals surface area contributed by atoms with E-state index in [2.05, 4.69) is 11.8 Å². The molecule has 4 nitrogen and oxygen atoms in total. The predicted octanol–water partition coefficient (Wildman–Crippen LogP) is 0.731. The first-order chi connectivity index (χ1) is 6.40. The van der Waals surface area contributed by atoms with Crippen molar-refractivity contribution in [3.63, 3.8) is 0 Å². The van der Waals surface area contributed by atoms with E-state index in [1.54, 1.807) is 6.92 Å². The molecular weight excluding hydrogens is 180 g/mol. The van der Waals surface area contributed by atoms with Gasteiger partial charge in [-0.1, -0.05) is 6.92 Å². The molecule has 2 unspecified atom stereocenters. The van der Waals surface area contributed by atoms with Crippen LogP contribution in [-0.4, -0.2) is 60.1 Å². The number of rotatable bonds is 6. The summed E-state index contributed by atoms with van der Waals surface area (Å²) in [7, 11) is 3.99. The van der Waals surface area contributed by atoms with Crippen molar-refractivity contribution in [2.24, 2.45) is 0 Å². The maximum absolute atomic E-state index is 10.8. The number of carboxylic acid groups (broad SMARTS) is 1. The van der Waals surface area contributed by atoms with Gasteiger partial charge < -0.3 is 10.0 Å². The molecule has 0 radical (unpaired) electrons. The fraction of sp³-hybridized carbons (Fsp3) is 0.900. The van der Waals surface area contributed by atoms with Crippen LogP contribution in [0.3, 0.4) is 0 Å². The van der Waals surface area contributed by atoms with Gasteiger partial charge in [-0.3, -0.25) is 9.69 Å². The minimum Gasteiger partial charge on any atom is -0.480 e. The highest BCUT2D eigenvalue weighted by molar-refractivity contribution is 5.72. The van der Waals surface area contributed by atoms with Crippen LogP contribution in [0.15, 0.2) is 0 Å². The van der Waals surface area contributed by atoms with E-state index in [0.29, 0.717) is 0 Å². The van der Waals surface area contributed by atoms with Crippen molar-refractivity contribution in [2.45, 2.75) is 32.9 Å². The summed E-state index contributed by atoms with van der Waals surface area (Å²) in [5, 5.41) is 8.91. The maximum atomic E-state index is 10.8. The third kappa shape index (κ3) is 4.07. The quantitative estimate of drug-likeness (QED) is 0.689. The van der Waals surface area contributed by atoms with Crippen LogP contribution in [0.4, 0.5) is 0 Å². The first kappa shape index (κ1) is 13.4. The van der Waals surface area contributed by atoms with Crippen LogP contribution < -0.4 is 0 Å². The van der Waals surface area contributed by atoms with E-state index in [4.69, 9.17) is 5.11 Å². The molecule has 0 fully saturated rings. The van der Waals surface area contributed by atoms with Crippen LogP contribution >= 0.6 is 0 Å². The van der Waals surface area contributed by atoms with Crippen LogP contribution in [-0.2, 0) is 4.79 Å². The number of aliphatic carboxylic acids is 1. The smallest absolute Gasteiger partial charge is 0.320 e. The average molecular weight is 202 g/mol. The number of carboxylic acids is 1. The van der Waals surface area contributed by atoms with Gasteiger partial charge >= 0.3 is 5.97 Å². The first-order valence-corrected chi connectivity index (χ1v) is 5.03. The zero-order valence-corrected chi connectivity index (χ0v) is 9.82. The standard InChI is InChI=1S/C10H22N2O2/c1-6-12(9(3)10(13)14)8(2)7-11(4)5/h8-9H,6-7H2,1-5H3,(H,13,14). The van der Waals surface area contributed by atoms with Gasteiger partial charge in [0.25, 0.3) is 0 Å². The van der Waals surface area contributed by atoms with Crippen molar-refractivity contribution >= 4 is 5.97 Å². The molecule has 0 rings (SSSR count). The van der Waals surface area contributed by atoms with Gasteiger partial charge in [-0.05, 0) is 34.5 Å². The Labute approximate surface area is 86.5 Å². The highest BCUT2D eigenvalue weighted by Gasteiger charge is 2.23. The topological polar surface area (TPSA) is 43.8 Å². The lowest BCUT2D eigenvalue weighted by Crippen LogP contribution is -2.48. The van der Waals surface area contributed by atoms with E-state index in [-0.39, 0.29) is 6.04 Å². The molecule has 0 amide bonds. The normalized spacial score (nSPS) is 15.9. The fourth-order valence-corrected chi connectivity index (χ4v) is 1.74. The highest BCUT2D eigenvalue weighted by atomic mass is 16.4. The second-order valence-corrected chi connectivity index (χ2v) is 3.96. The summed E-state index contributed by atoms with van der Waals surface area (Å²) in [5.74, 6) is -0.752. The lowest BCUT2D eigenvalue weighted by molar-refractivity contribution is -0.143. The molecular formula is C10H22N2O2. The number of carbonyl (C=O) groups is 1. The Kier molecular flexibility index (Phi) is 5.72. The Balaban J connectivity index is 4.31. The third-order valence-corrected chi connectivity index (χ3v) is 2.42. The van der Waals surface area contributed by atoms with Crippen molar-refractivity contribution in [1.82, 2.24) is 9.80 Å². The maximum Gasteiger partial charge on any atom is 0.320 e. The van der Waals surface area contributed by atoms with Crippen molar-refractivity contribution in [3.8, 4) is 0 Å². The Bertz CT molecular complexity index is 183. The molecule has 4 heteroatoms. The molecule has 1 N–H and O–H groups in total. The van der Waals surface area contributed by atoms with Crippen LogP contribution in [0.2, 0.25) is 0 Å². The van der Waals surface area contributed by atoms with Gasteiger partial charge in [0.05, 0.1) is 0 Å². The predicted molar refractivity (Wildman–Crippen MR) is 57.5 cm³/mol. The molecule has 0 spiro atoms. The Morgan fingerprint density at radius 2 is 1.86 bits per heavy atom. The summed E-state index contributed by atoms with van der Waals surface area (Å²) in [5.41, 5.74) is 0. The number of hydrogen-bond acceptors (Lipinski definition) is 3. The average Bonchev–Trinajstić information content (AvgIpc) is 2.03. The van der Waals surface area contributed by atoms with Gasteiger partial charge in [-0.25, -0.2) is 0 Å². The van der Waals surface area contributed by atoms with E-state index >= 15 is 0 Å². The largest absolute Gasteiger partial charge is 0.480 e. The summed E-state index contributed by atoms with van der Waals surface area (Å²) in [4.78, 5) is 14.9. The Hall–Kier alpha value is -0.610. The second kappa shape index (κ2) is 5.98. The van der Waals surface area contributed by atoms with Gasteiger partial charge in [0.15, 0.2) is 0 Å². The summed E-state index contributed by atoms with van der Waals surface area (Å²) < 4.78 is 0. The van der Waals surface area contributed by atoms with Crippen LogP contribution in [0.25, 0.3) is 0 Å². The van der Waals surface area contributed by atoms with Gasteiger partial charge in [-0.2, -0.15) is 0 Å². The fourth-order valence-electron chi connectivity index (χ4n) is 1.74. The number of likely N-dealkylation sites (N-methyl/N-ethyl adjacent to an activating group) is 2. The molecule has 0 aromatic heterocycles. The van der Waals surface area contributed by atoms with Crippen molar-refractivity contribution in [1.29, 1.82) is 0 Å². The van der Waals surface area contributed by atoms with E-state index in [1.807, 2.05) is 25.9 Å². The summed E-state index contributed by atoms with van der Waals surface area (Å²) in [6, 6.07) is -0.143. The molecule has 0 aromatic rings. The van der Waals surface area contributed by atoms with E-state index in [0.717, 1.165) is 13.1 Å². The van der Waals surface area contributed by atoms with E-state index in [9.17, 15) is 4.79 Å². The summed E-state index contributed by atoms with van der Waals surface area (Å²) >= 11 is 0. The zero-order chi connectivity index (χ0) is 11.3. The van der Waals surface area contributed by atoms with Crippen LogP contribution in [0.5, 0.6) is 0 Å². The van der Waals surface area contributed by atoms with Crippen LogP contribution in [0.1, 0.15) is 20.8 Å². The second-order valence-electron chi connectivity index (χ2n) is 3.96. The lowest BCUT2D eigenvalue weighted by Gasteiger charge is -2.32. The Morgan fingerprint density at radius 1 is 1.36 bits per heavy atom. The van der Waals surface area contributed by atoms with E-state index in [1.165, 1.54) is 0 Å². The molecule has 0 aromatic carbocycles. The third-order valence-electron chi connectivity index (χ3n) is 2.42. The number of hydrogen-bond donors (Lipinski definition) is 1. The molecule has 2 atom stereocenters. The molecule has 84 valence electrons. The Morgan fingerprint density at radius 3 is 2.14 bits per heavy atom. The molecule has 0 saturated carbocycles. The molecule has 0 aliphatic carbocycles. The molecule has 0 bridgehead atoms. The van der Waals surface area contributed by atoms with E-state index < -0.39 is 12.0 Å². The molecule has 0 aliphatic heterocycles. The summed E-state index contributed by atoms with van der Waals surface area (Å²) in [6.07, 6.45) is 0. The molecule has 0 saturated heterocycles. The number of nitrogens with zero attached hydrogens (tertiary/aromatic N) is 2. The SMILES string of the molecule is CCN(C(C)CN(C)C)C(C)C(=O)O. The van der Waals surface area contributed by atoms with Gasteiger partial charge in [0.1, 0.15) is 6.04 Å². The van der Waals surface area contributed by atoms with Crippen molar-refractivity contribution in [2.75, 3.05) is 27.2 Å². The van der Waals surface area contributed by atoms with Gasteiger partial charge in [0, 0.05) is 12.6 Å². The lowest BCUT2D eigenvalue weighted by atomic mass is 10.2. The van der Waals surface area contributed by atoms with Gasteiger partial charge in [0.2, 0.25) is 0 Å². The van der Waals surface area contributed by atoms with Gasteiger partial charge in [-0.15, -0.1) is 0 Å². The monoisotopic (exact) mass is 202 g/mol. The first-order valence-electron chi connectivity index (χ1n) is 5.03. The zero-order valence-electron chi connectivity index (χ0n) is 9.82. The minimum atomic E-state index is -0.752. The van der Waals surface area contributed by atoms with Crippen LogP contribution in [0, 0.1) is 0 Å². The molecule has 14 heavy (non-hydrogen) atoms. The highest BCUT2D eigenvalue weighted by Crippen LogP contribution is 2.06. The minimum absolute atomic E-state index is 0.265. The molecule has 0 aliphatic rings. The van der Waals surface area contributed by atoms with Crippen molar-refractivity contribution < 1.29 is 9.90 Å².